The van der Waals surface area contributed by atoms with Gasteiger partial charge < -0.3 is 10.3 Å². The van der Waals surface area contributed by atoms with Crippen LogP contribution in [0.3, 0.4) is 0 Å². The van der Waals surface area contributed by atoms with Crippen LogP contribution < -0.4 is 5.73 Å². The fraction of sp³-hybridized carbons (Fsp3) is 0.500. The first-order valence-electron chi connectivity index (χ1n) is 8.21. The average Bonchev–Trinajstić information content (AvgIpc) is 2.92. The number of hydrogen-bond donors (Lipinski definition) is 1. The van der Waals surface area contributed by atoms with Crippen molar-refractivity contribution in [3.8, 4) is 11.3 Å². The van der Waals surface area contributed by atoms with E-state index in [4.69, 9.17) is 5.73 Å². The molecule has 120 valence electrons. The van der Waals surface area contributed by atoms with Crippen LogP contribution in [0.25, 0.3) is 11.3 Å². The minimum Gasteiger partial charge on any atom is -0.369 e. The van der Waals surface area contributed by atoms with E-state index in [9.17, 15) is 0 Å². The smallest absolute Gasteiger partial charge is 0.200 e. The minimum atomic E-state index is 0.623. The second-order valence-electron chi connectivity index (χ2n) is 5.65. The van der Waals surface area contributed by atoms with Gasteiger partial charge in [-0.1, -0.05) is 51.2 Å². The molecule has 0 saturated heterocycles. The van der Waals surface area contributed by atoms with Crippen LogP contribution in [0.1, 0.15) is 45.4 Å². The Balaban J connectivity index is 1.98. The summed E-state index contributed by atoms with van der Waals surface area (Å²) in [6.07, 6.45) is 11.7. The molecule has 3 nitrogen and oxygen atoms in total. The number of unbranched alkanes of at least 4 members (excludes halogenated alkanes) is 5. The highest BCUT2D eigenvalue weighted by Crippen LogP contribution is 2.25. The Morgan fingerprint density at radius 1 is 1.05 bits per heavy atom. The molecule has 0 amide bonds. The zero-order valence-corrected chi connectivity index (χ0v) is 14.5. The first kappa shape index (κ1) is 16.9. The van der Waals surface area contributed by atoms with Gasteiger partial charge in [-0.3, -0.25) is 0 Å². The van der Waals surface area contributed by atoms with E-state index in [-0.39, 0.29) is 0 Å². The SMILES string of the molecule is CCCCCCCCn1c(-c2ccc(SC)cc2)cnc1N. The molecular weight excluding hydrogens is 290 g/mol. The van der Waals surface area contributed by atoms with Crippen LogP contribution >= 0.6 is 11.8 Å². The van der Waals surface area contributed by atoms with Gasteiger partial charge in [0.1, 0.15) is 0 Å². The third-order valence-corrected chi connectivity index (χ3v) is 4.75. The van der Waals surface area contributed by atoms with Gasteiger partial charge in [0.25, 0.3) is 0 Å². The maximum absolute atomic E-state index is 6.04. The van der Waals surface area contributed by atoms with E-state index < -0.39 is 0 Å². The molecule has 0 spiro atoms. The highest BCUT2D eigenvalue weighted by Gasteiger charge is 2.09. The maximum Gasteiger partial charge on any atom is 0.200 e. The van der Waals surface area contributed by atoms with Crippen molar-refractivity contribution in [3.63, 3.8) is 0 Å². The second-order valence-corrected chi connectivity index (χ2v) is 6.53. The van der Waals surface area contributed by atoms with E-state index in [2.05, 4.69) is 47.0 Å². The molecule has 1 aromatic heterocycles. The van der Waals surface area contributed by atoms with Gasteiger partial charge in [0.15, 0.2) is 0 Å². The molecular formula is C18H27N3S. The molecule has 22 heavy (non-hydrogen) atoms. The Bertz CT molecular complexity index is 560. The van der Waals surface area contributed by atoms with Gasteiger partial charge in [-0.05, 0) is 30.4 Å². The topological polar surface area (TPSA) is 43.8 Å². The molecule has 0 bridgehead atoms. The molecule has 0 unspecified atom stereocenters. The second kappa shape index (κ2) is 8.89. The molecule has 0 radical (unpaired) electrons. The van der Waals surface area contributed by atoms with E-state index in [1.807, 2.05) is 6.20 Å². The number of nitrogens with two attached hydrogens (primary N) is 1. The predicted molar refractivity (Wildman–Crippen MR) is 97.2 cm³/mol. The Morgan fingerprint density at radius 2 is 1.73 bits per heavy atom. The molecule has 1 heterocycles. The maximum atomic E-state index is 6.04. The molecule has 2 rings (SSSR count). The largest absolute Gasteiger partial charge is 0.369 e. The monoisotopic (exact) mass is 317 g/mol. The van der Waals surface area contributed by atoms with Crippen LogP contribution in [0, 0.1) is 0 Å². The Kier molecular flexibility index (Phi) is 6.84. The third-order valence-electron chi connectivity index (χ3n) is 4.01. The summed E-state index contributed by atoms with van der Waals surface area (Å²) in [6, 6.07) is 8.61. The summed E-state index contributed by atoms with van der Waals surface area (Å²) in [7, 11) is 0. The predicted octanol–water partition coefficient (Wildman–Crippen LogP) is 5.21. The molecule has 0 aliphatic heterocycles. The lowest BCUT2D eigenvalue weighted by atomic mass is 10.1. The van der Waals surface area contributed by atoms with Crippen molar-refractivity contribution >= 4 is 17.7 Å². The molecule has 0 atom stereocenters. The van der Waals surface area contributed by atoms with Crippen LogP contribution in [0.4, 0.5) is 5.95 Å². The number of thioether (sulfide) groups is 1. The Morgan fingerprint density at radius 3 is 2.41 bits per heavy atom. The normalized spacial score (nSPS) is 11.0. The van der Waals surface area contributed by atoms with Crippen LogP contribution in [0.5, 0.6) is 0 Å². The summed E-state index contributed by atoms with van der Waals surface area (Å²) >= 11 is 1.76. The third kappa shape index (κ3) is 4.54. The van der Waals surface area contributed by atoms with Crippen LogP contribution in [-0.2, 0) is 6.54 Å². The van der Waals surface area contributed by atoms with E-state index in [1.165, 1.54) is 49.0 Å². The van der Waals surface area contributed by atoms with E-state index in [1.54, 1.807) is 11.8 Å². The first-order valence-corrected chi connectivity index (χ1v) is 9.44. The number of hydrogen-bond acceptors (Lipinski definition) is 3. The molecule has 2 aromatic rings. The lowest BCUT2D eigenvalue weighted by molar-refractivity contribution is 0.563. The zero-order chi connectivity index (χ0) is 15.8. The summed E-state index contributed by atoms with van der Waals surface area (Å²) < 4.78 is 2.15. The highest BCUT2D eigenvalue weighted by atomic mass is 32.2. The molecule has 0 aliphatic rings. The zero-order valence-electron chi connectivity index (χ0n) is 13.7. The van der Waals surface area contributed by atoms with Gasteiger partial charge in [-0.25, -0.2) is 4.98 Å². The lowest BCUT2D eigenvalue weighted by Crippen LogP contribution is -2.05. The first-order chi connectivity index (χ1) is 10.8. The number of nitrogens with zero attached hydrogens (tertiary/aromatic N) is 2. The van der Waals surface area contributed by atoms with Crippen molar-refractivity contribution in [2.45, 2.75) is 56.9 Å². The van der Waals surface area contributed by atoms with Gasteiger partial charge >= 0.3 is 0 Å². The van der Waals surface area contributed by atoms with Gasteiger partial charge in [0, 0.05) is 11.4 Å². The summed E-state index contributed by atoms with van der Waals surface area (Å²) in [5.41, 5.74) is 8.36. The molecule has 0 fully saturated rings. The van der Waals surface area contributed by atoms with E-state index in [0.717, 1.165) is 12.2 Å². The number of rotatable bonds is 9. The summed E-state index contributed by atoms with van der Waals surface area (Å²) in [4.78, 5) is 5.58. The fourth-order valence-corrected chi connectivity index (χ4v) is 3.08. The number of benzene rings is 1. The molecule has 4 heteroatoms. The van der Waals surface area contributed by atoms with E-state index >= 15 is 0 Å². The summed E-state index contributed by atoms with van der Waals surface area (Å²) in [5, 5.41) is 0. The molecule has 0 saturated carbocycles. The van der Waals surface area contributed by atoms with Gasteiger partial charge in [0.2, 0.25) is 5.95 Å². The van der Waals surface area contributed by atoms with Crippen molar-refractivity contribution in [1.82, 2.24) is 9.55 Å². The van der Waals surface area contributed by atoms with Crippen molar-refractivity contribution in [2.75, 3.05) is 12.0 Å². The number of imidazole rings is 1. The lowest BCUT2D eigenvalue weighted by Gasteiger charge is -2.10. The van der Waals surface area contributed by atoms with Crippen LogP contribution in [0.2, 0.25) is 0 Å². The fourth-order valence-electron chi connectivity index (χ4n) is 2.67. The molecule has 1 aromatic carbocycles. The van der Waals surface area contributed by atoms with Crippen LogP contribution in [-0.4, -0.2) is 15.8 Å². The standard InChI is InChI=1S/C18H27N3S/c1-3-4-5-6-7-8-13-21-17(14-20-18(21)19)15-9-11-16(22-2)12-10-15/h9-12,14H,3-8,13H2,1-2H3,(H2,19,20). The highest BCUT2D eigenvalue weighted by molar-refractivity contribution is 7.98. The van der Waals surface area contributed by atoms with Crippen molar-refractivity contribution < 1.29 is 0 Å². The van der Waals surface area contributed by atoms with Gasteiger partial charge in [-0.15, -0.1) is 11.8 Å². The number of anilines is 1. The van der Waals surface area contributed by atoms with Gasteiger partial charge in [0.05, 0.1) is 11.9 Å². The van der Waals surface area contributed by atoms with Crippen molar-refractivity contribution in [1.29, 1.82) is 0 Å². The van der Waals surface area contributed by atoms with Crippen molar-refractivity contribution in [2.24, 2.45) is 0 Å². The van der Waals surface area contributed by atoms with E-state index in [0.29, 0.717) is 5.95 Å². The quantitative estimate of drug-likeness (QED) is 0.509. The molecule has 2 N–H and O–H groups in total. The Hall–Kier alpha value is -1.42. The minimum absolute atomic E-state index is 0.623. The molecule has 0 aliphatic carbocycles. The summed E-state index contributed by atoms with van der Waals surface area (Å²) in [5.74, 6) is 0.623. The average molecular weight is 318 g/mol. The van der Waals surface area contributed by atoms with Crippen LogP contribution in [0.15, 0.2) is 35.4 Å². The number of aromatic nitrogens is 2. The van der Waals surface area contributed by atoms with Gasteiger partial charge in [-0.2, -0.15) is 0 Å². The van der Waals surface area contributed by atoms with Crippen molar-refractivity contribution in [3.05, 3.63) is 30.5 Å². The summed E-state index contributed by atoms with van der Waals surface area (Å²) in [6.45, 7) is 3.21. The number of nitrogen functional groups attached to an aromatic ring is 1. The Labute approximate surface area is 138 Å².